The number of carboxylic acids is 1. The van der Waals surface area contributed by atoms with Gasteiger partial charge in [-0.15, -0.1) is 0 Å². The normalized spacial score (nSPS) is 11.1. The van der Waals surface area contributed by atoms with E-state index in [9.17, 15) is 14.7 Å². The monoisotopic (exact) mass is 402 g/mol. The van der Waals surface area contributed by atoms with Crippen LogP contribution >= 0.6 is 0 Å². The minimum absolute atomic E-state index is 0.0522. The molecule has 0 fully saturated rings. The van der Waals surface area contributed by atoms with Crippen LogP contribution in [-0.2, 0) is 0 Å². The highest BCUT2D eigenvalue weighted by molar-refractivity contribution is 5.99. The van der Waals surface area contributed by atoms with Gasteiger partial charge in [0, 0.05) is 12.0 Å². The number of Topliss-reactive ketones (excluding diaryl/α,β-unsaturated/α-hetero) is 1. The van der Waals surface area contributed by atoms with Gasteiger partial charge in [0.15, 0.2) is 17.3 Å². The summed E-state index contributed by atoms with van der Waals surface area (Å²) in [6, 6.07) is 7.36. The maximum absolute atomic E-state index is 12.4. The van der Waals surface area contributed by atoms with Crippen molar-refractivity contribution in [2.45, 2.75) is 34.1 Å². The highest BCUT2D eigenvalue weighted by Gasteiger charge is 2.21. The van der Waals surface area contributed by atoms with E-state index in [1.54, 1.807) is 13.0 Å². The first kappa shape index (κ1) is 22.1. The zero-order valence-corrected chi connectivity index (χ0v) is 17.2. The van der Waals surface area contributed by atoms with Crippen molar-refractivity contribution in [1.82, 2.24) is 0 Å². The van der Waals surface area contributed by atoms with Crippen LogP contribution in [0.15, 0.2) is 30.3 Å². The second-order valence-electron chi connectivity index (χ2n) is 7.82. The summed E-state index contributed by atoms with van der Waals surface area (Å²) in [5.74, 6) is -0.427. The number of aromatic hydroxyl groups is 1. The number of ether oxygens (including phenoxy) is 3. The number of aromatic carboxylic acids is 1. The van der Waals surface area contributed by atoms with Gasteiger partial charge >= 0.3 is 5.97 Å². The minimum atomic E-state index is -1.09. The molecule has 0 aromatic heterocycles. The van der Waals surface area contributed by atoms with Crippen molar-refractivity contribution < 1.29 is 34.0 Å². The summed E-state index contributed by atoms with van der Waals surface area (Å²) in [5.41, 5.74) is 0.529. The van der Waals surface area contributed by atoms with Crippen LogP contribution in [-0.4, -0.2) is 35.9 Å². The molecule has 2 N–H and O–H groups in total. The Bertz CT molecular complexity index is 910. The van der Waals surface area contributed by atoms with Gasteiger partial charge in [-0.05, 0) is 42.7 Å². The largest absolute Gasteiger partial charge is 0.507 e. The smallest absolute Gasteiger partial charge is 0.335 e. The van der Waals surface area contributed by atoms with Gasteiger partial charge in [-0.25, -0.2) is 4.79 Å². The average molecular weight is 402 g/mol. The Labute approximate surface area is 169 Å². The fraction of sp³-hybridized carbons (Fsp3) is 0.364. The Morgan fingerprint density at radius 1 is 1.00 bits per heavy atom. The number of methoxy groups -OCH3 is 1. The molecule has 0 saturated carbocycles. The molecule has 7 heteroatoms. The molecular formula is C22H26O7. The molecule has 2 aromatic carbocycles. The molecule has 0 amide bonds. The summed E-state index contributed by atoms with van der Waals surface area (Å²) in [7, 11) is 1.44. The van der Waals surface area contributed by atoms with Crippen molar-refractivity contribution in [2.24, 2.45) is 5.41 Å². The number of phenolic OH excluding ortho intramolecular Hbond substituents is 1. The molecular weight excluding hydrogens is 376 g/mol. The summed E-state index contributed by atoms with van der Waals surface area (Å²) in [6.07, 6.45) is 0.309. The number of phenols is 1. The van der Waals surface area contributed by atoms with Gasteiger partial charge in [-0.3, -0.25) is 4.79 Å². The number of carbonyl (C=O) groups is 2. The lowest BCUT2D eigenvalue weighted by Crippen LogP contribution is -2.14. The van der Waals surface area contributed by atoms with Gasteiger partial charge in [0.1, 0.15) is 11.5 Å². The van der Waals surface area contributed by atoms with Gasteiger partial charge < -0.3 is 24.4 Å². The summed E-state index contributed by atoms with van der Waals surface area (Å²) < 4.78 is 16.2. The molecule has 0 unspecified atom stereocenters. The third-order valence-electron chi connectivity index (χ3n) is 4.21. The molecule has 0 atom stereocenters. The molecule has 0 heterocycles. The number of hydrogen-bond donors (Lipinski definition) is 2. The van der Waals surface area contributed by atoms with Crippen LogP contribution in [0.4, 0.5) is 0 Å². The third-order valence-corrected chi connectivity index (χ3v) is 4.21. The van der Waals surface area contributed by atoms with Crippen LogP contribution in [0.2, 0.25) is 0 Å². The van der Waals surface area contributed by atoms with Crippen molar-refractivity contribution in [3.8, 4) is 23.0 Å². The first-order valence-electron chi connectivity index (χ1n) is 9.06. The van der Waals surface area contributed by atoms with E-state index in [4.69, 9.17) is 19.3 Å². The Morgan fingerprint density at radius 2 is 1.62 bits per heavy atom. The second kappa shape index (κ2) is 8.86. The Hall–Kier alpha value is -3.22. The van der Waals surface area contributed by atoms with Gasteiger partial charge in [-0.1, -0.05) is 20.8 Å². The molecule has 0 saturated heterocycles. The Kier molecular flexibility index (Phi) is 6.74. The van der Waals surface area contributed by atoms with Crippen molar-refractivity contribution in [2.75, 3.05) is 13.9 Å². The van der Waals surface area contributed by atoms with E-state index in [2.05, 4.69) is 0 Å². The van der Waals surface area contributed by atoms with E-state index in [1.807, 2.05) is 20.8 Å². The minimum Gasteiger partial charge on any atom is -0.507 e. The number of hydrogen-bond acceptors (Lipinski definition) is 6. The zero-order valence-electron chi connectivity index (χ0n) is 17.2. The first-order valence-corrected chi connectivity index (χ1v) is 9.06. The number of benzene rings is 2. The summed E-state index contributed by atoms with van der Waals surface area (Å²) in [5, 5.41) is 19.5. The molecule has 2 aromatic rings. The predicted molar refractivity (Wildman–Crippen MR) is 107 cm³/mol. The van der Waals surface area contributed by atoms with E-state index in [-0.39, 0.29) is 40.6 Å². The first-order chi connectivity index (χ1) is 13.5. The van der Waals surface area contributed by atoms with Crippen LogP contribution in [0.1, 0.15) is 53.5 Å². The Balaban J connectivity index is 2.12. The molecule has 0 spiro atoms. The van der Waals surface area contributed by atoms with E-state index in [0.29, 0.717) is 23.5 Å². The zero-order chi connectivity index (χ0) is 21.8. The van der Waals surface area contributed by atoms with Crippen LogP contribution in [0.5, 0.6) is 23.0 Å². The summed E-state index contributed by atoms with van der Waals surface area (Å²) >= 11 is 0. The van der Waals surface area contributed by atoms with E-state index in [1.165, 1.54) is 31.4 Å². The maximum Gasteiger partial charge on any atom is 0.335 e. The lowest BCUT2D eigenvalue weighted by molar-refractivity contribution is 0.0694. The van der Waals surface area contributed by atoms with E-state index < -0.39 is 5.97 Å². The maximum atomic E-state index is 12.4. The molecule has 0 aliphatic heterocycles. The van der Waals surface area contributed by atoms with Gasteiger partial charge in [0.05, 0.1) is 18.2 Å². The highest BCUT2D eigenvalue weighted by atomic mass is 16.7. The quantitative estimate of drug-likeness (QED) is 0.497. The van der Waals surface area contributed by atoms with E-state index >= 15 is 0 Å². The third kappa shape index (κ3) is 5.63. The Morgan fingerprint density at radius 3 is 2.21 bits per heavy atom. The van der Waals surface area contributed by atoms with Crippen LogP contribution in [0.25, 0.3) is 0 Å². The molecule has 29 heavy (non-hydrogen) atoms. The predicted octanol–water partition coefficient (Wildman–Crippen LogP) is 4.44. The molecule has 7 nitrogen and oxygen atoms in total. The summed E-state index contributed by atoms with van der Waals surface area (Å²) in [6.45, 7) is 7.27. The van der Waals surface area contributed by atoms with Gasteiger partial charge in [-0.2, -0.15) is 0 Å². The average Bonchev–Trinajstić information content (AvgIpc) is 2.63. The van der Waals surface area contributed by atoms with Crippen LogP contribution < -0.4 is 14.2 Å². The second-order valence-corrected chi connectivity index (χ2v) is 7.82. The highest BCUT2D eigenvalue weighted by Crippen LogP contribution is 2.34. The standard InChI is InChI=1S/C22H26O7/c1-13-17(9-7-15(20(13)24)16(23)11-22(2,3)4)28-12-29-19-10-14(21(25)26)6-8-18(19)27-5/h6-10,24H,11-12H2,1-5H3,(H,25,26). The summed E-state index contributed by atoms with van der Waals surface area (Å²) in [4.78, 5) is 23.5. The molecule has 0 radical (unpaired) electrons. The van der Waals surface area contributed by atoms with Crippen molar-refractivity contribution >= 4 is 11.8 Å². The van der Waals surface area contributed by atoms with Crippen molar-refractivity contribution in [3.05, 3.63) is 47.0 Å². The van der Waals surface area contributed by atoms with Gasteiger partial charge in [0.2, 0.25) is 6.79 Å². The number of rotatable bonds is 8. The van der Waals surface area contributed by atoms with Crippen LogP contribution in [0.3, 0.4) is 0 Å². The molecule has 0 aliphatic carbocycles. The number of carbonyl (C=O) groups excluding carboxylic acids is 1. The van der Waals surface area contributed by atoms with Crippen LogP contribution in [0, 0.1) is 12.3 Å². The fourth-order valence-electron chi connectivity index (χ4n) is 2.72. The van der Waals surface area contributed by atoms with Crippen molar-refractivity contribution in [3.63, 3.8) is 0 Å². The van der Waals surface area contributed by atoms with Crippen molar-refractivity contribution in [1.29, 1.82) is 0 Å². The fourth-order valence-corrected chi connectivity index (χ4v) is 2.72. The molecule has 2 rings (SSSR count). The number of ketones is 1. The van der Waals surface area contributed by atoms with Gasteiger partial charge in [0.25, 0.3) is 0 Å². The number of carboxylic acid groups (broad SMARTS) is 1. The van der Waals surface area contributed by atoms with E-state index in [0.717, 1.165) is 0 Å². The molecule has 0 bridgehead atoms. The molecule has 156 valence electrons. The topological polar surface area (TPSA) is 102 Å². The lowest BCUT2D eigenvalue weighted by atomic mass is 9.87. The molecule has 0 aliphatic rings. The lowest BCUT2D eigenvalue weighted by Gasteiger charge is -2.18. The SMILES string of the molecule is COc1ccc(C(=O)O)cc1OCOc1ccc(C(=O)CC(C)(C)C)c(O)c1C.